The summed E-state index contributed by atoms with van der Waals surface area (Å²) in [6, 6.07) is 5.79. The Bertz CT molecular complexity index is 577. The topological polar surface area (TPSA) is 75.9 Å². The van der Waals surface area contributed by atoms with E-state index in [1.807, 2.05) is 32.0 Å². The zero-order chi connectivity index (χ0) is 13.1. The van der Waals surface area contributed by atoms with Crippen molar-refractivity contribution >= 4 is 17.6 Å². The van der Waals surface area contributed by atoms with Gasteiger partial charge in [0.05, 0.1) is 5.69 Å². The number of nitrogens with zero attached hydrogens (tertiary/aromatic N) is 1. The highest BCUT2D eigenvalue weighted by atomic mass is 32.2. The average molecular weight is 261 g/mol. The van der Waals surface area contributed by atoms with E-state index in [4.69, 9.17) is 15.6 Å². The number of rotatable bonds is 4. The predicted molar refractivity (Wildman–Crippen MR) is 73.0 cm³/mol. The molecule has 0 aliphatic heterocycles. The molecule has 1 heterocycles. The Hall–Kier alpha value is -1.75. The lowest BCUT2D eigenvalue weighted by molar-refractivity contribution is 0.454. The Morgan fingerprint density at radius 1 is 1.44 bits per heavy atom. The van der Waals surface area contributed by atoms with Crippen molar-refractivity contribution in [3.05, 3.63) is 46.8 Å². The summed E-state index contributed by atoms with van der Waals surface area (Å²) >= 11 is 1.56. The van der Waals surface area contributed by atoms with Gasteiger partial charge < -0.3 is 10.2 Å². The highest BCUT2D eigenvalue weighted by Gasteiger charge is 2.06. The number of benzene rings is 1. The molecular formula is C13H15N3OS. The van der Waals surface area contributed by atoms with E-state index in [0.717, 1.165) is 22.6 Å². The summed E-state index contributed by atoms with van der Waals surface area (Å²) in [4.78, 5) is 4.24. The van der Waals surface area contributed by atoms with Crippen LogP contribution in [0.15, 0.2) is 34.1 Å². The molecule has 1 aromatic carbocycles. The second-order valence-electron chi connectivity index (χ2n) is 4.10. The number of thioether (sulfide) groups is 1. The predicted octanol–water partition coefficient (Wildman–Crippen LogP) is 2.87. The minimum absolute atomic E-state index is 0.0978. The van der Waals surface area contributed by atoms with Crippen LogP contribution in [0.25, 0.3) is 0 Å². The maximum atomic E-state index is 7.39. The number of oxazole rings is 1. The number of amidine groups is 1. The first-order valence-corrected chi connectivity index (χ1v) is 6.53. The first-order chi connectivity index (χ1) is 8.56. The van der Waals surface area contributed by atoms with Crippen molar-refractivity contribution in [2.75, 3.05) is 0 Å². The summed E-state index contributed by atoms with van der Waals surface area (Å²) in [5.41, 5.74) is 9.42. The number of hydrogen-bond donors (Lipinski definition) is 2. The molecule has 5 heteroatoms. The molecule has 0 saturated heterocycles. The maximum absolute atomic E-state index is 7.39. The van der Waals surface area contributed by atoms with E-state index in [2.05, 4.69) is 4.98 Å². The molecule has 0 aliphatic carbocycles. The van der Waals surface area contributed by atoms with Gasteiger partial charge in [0, 0.05) is 11.3 Å². The minimum Gasteiger partial charge on any atom is -0.440 e. The molecule has 0 fully saturated rings. The number of nitrogen functional groups attached to an aromatic ring is 1. The summed E-state index contributed by atoms with van der Waals surface area (Å²) < 4.78 is 5.29. The van der Waals surface area contributed by atoms with E-state index in [1.165, 1.54) is 5.56 Å². The Kier molecular flexibility index (Phi) is 3.72. The van der Waals surface area contributed by atoms with Gasteiger partial charge in [-0.3, -0.25) is 5.41 Å². The molecule has 3 N–H and O–H groups in total. The minimum atomic E-state index is 0.0978. The number of aromatic nitrogens is 1. The quantitative estimate of drug-likeness (QED) is 0.504. The van der Waals surface area contributed by atoms with E-state index in [0.29, 0.717) is 5.22 Å². The van der Waals surface area contributed by atoms with Crippen LogP contribution in [0.4, 0.5) is 0 Å². The van der Waals surface area contributed by atoms with Gasteiger partial charge in [-0.25, -0.2) is 4.98 Å². The fraction of sp³-hybridized carbons (Fsp3) is 0.231. The third-order valence-electron chi connectivity index (χ3n) is 2.60. The second kappa shape index (κ2) is 5.27. The summed E-state index contributed by atoms with van der Waals surface area (Å²) in [5.74, 6) is 0.893. The van der Waals surface area contributed by atoms with Crippen LogP contribution in [0.1, 0.15) is 22.4 Å². The molecule has 18 heavy (non-hydrogen) atoms. The van der Waals surface area contributed by atoms with E-state index >= 15 is 0 Å². The van der Waals surface area contributed by atoms with Gasteiger partial charge in [-0.1, -0.05) is 23.9 Å². The first kappa shape index (κ1) is 12.7. The van der Waals surface area contributed by atoms with Crippen molar-refractivity contribution in [2.45, 2.75) is 24.8 Å². The molecule has 0 atom stereocenters. The third-order valence-corrected chi connectivity index (χ3v) is 3.49. The molecule has 2 rings (SSSR count). The molecule has 0 saturated carbocycles. The van der Waals surface area contributed by atoms with Gasteiger partial charge in [0.15, 0.2) is 0 Å². The molecule has 0 radical (unpaired) electrons. The summed E-state index contributed by atoms with van der Waals surface area (Å²) in [7, 11) is 0. The lowest BCUT2D eigenvalue weighted by atomic mass is 10.1. The van der Waals surface area contributed by atoms with Crippen LogP contribution >= 0.6 is 11.8 Å². The first-order valence-electron chi connectivity index (χ1n) is 5.55. The van der Waals surface area contributed by atoms with Crippen LogP contribution in [0, 0.1) is 19.3 Å². The smallest absolute Gasteiger partial charge is 0.256 e. The third kappa shape index (κ3) is 2.92. The van der Waals surface area contributed by atoms with E-state index in [1.54, 1.807) is 18.0 Å². The number of nitrogens with two attached hydrogens (primary N) is 1. The molecule has 0 aliphatic rings. The fourth-order valence-electron chi connectivity index (χ4n) is 1.56. The standard InChI is InChI=1S/C13H15N3OS/c1-8-5-10(12(14)15)3-4-11(8)7-18-13-16-9(2)6-17-13/h3-6H,7H2,1-2H3,(H3,14,15). The lowest BCUT2D eigenvalue weighted by Crippen LogP contribution is -2.11. The van der Waals surface area contributed by atoms with Crippen LogP contribution < -0.4 is 5.73 Å². The molecule has 0 amide bonds. The molecule has 2 aromatic rings. The van der Waals surface area contributed by atoms with Gasteiger partial charge in [0.1, 0.15) is 12.1 Å². The highest BCUT2D eigenvalue weighted by molar-refractivity contribution is 7.98. The summed E-state index contributed by atoms with van der Waals surface area (Å²) in [6.07, 6.45) is 1.65. The van der Waals surface area contributed by atoms with E-state index in [-0.39, 0.29) is 5.84 Å². The largest absolute Gasteiger partial charge is 0.440 e. The Morgan fingerprint density at radius 2 is 2.22 bits per heavy atom. The molecule has 0 unspecified atom stereocenters. The van der Waals surface area contributed by atoms with Gasteiger partial charge in [-0.15, -0.1) is 0 Å². The van der Waals surface area contributed by atoms with Crippen molar-refractivity contribution in [1.29, 1.82) is 5.41 Å². The average Bonchev–Trinajstić information content (AvgIpc) is 2.73. The monoisotopic (exact) mass is 261 g/mol. The van der Waals surface area contributed by atoms with Crippen LogP contribution in [0.3, 0.4) is 0 Å². The van der Waals surface area contributed by atoms with Crippen LogP contribution in [-0.4, -0.2) is 10.8 Å². The van der Waals surface area contributed by atoms with Crippen molar-refractivity contribution < 1.29 is 4.42 Å². The molecule has 4 nitrogen and oxygen atoms in total. The maximum Gasteiger partial charge on any atom is 0.256 e. The number of nitrogens with one attached hydrogen (secondary N) is 1. The zero-order valence-electron chi connectivity index (χ0n) is 10.4. The van der Waals surface area contributed by atoms with Crippen molar-refractivity contribution in [3.63, 3.8) is 0 Å². The Balaban J connectivity index is 2.08. The lowest BCUT2D eigenvalue weighted by Gasteiger charge is -2.06. The van der Waals surface area contributed by atoms with Gasteiger partial charge in [-0.2, -0.15) is 0 Å². The second-order valence-corrected chi connectivity index (χ2v) is 5.02. The van der Waals surface area contributed by atoms with Gasteiger partial charge in [-0.05, 0) is 31.0 Å². The molecule has 1 aromatic heterocycles. The highest BCUT2D eigenvalue weighted by Crippen LogP contribution is 2.24. The van der Waals surface area contributed by atoms with Crippen molar-refractivity contribution in [2.24, 2.45) is 5.73 Å². The Labute approximate surface area is 110 Å². The van der Waals surface area contributed by atoms with Gasteiger partial charge >= 0.3 is 0 Å². The van der Waals surface area contributed by atoms with Crippen molar-refractivity contribution in [1.82, 2.24) is 4.98 Å². The van der Waals surface area contributed by atoms with Crippen LogP contribution in [-0.2, 0) is 5.75 Å². The van der Waals surface area contributed by atoms with E-state index in [9.17, 15) is 0 Å². The zero-order valence-corrected chi connectivity index (χ0v) is 11.2. The summed E-state index contributed by atoms with van der Waals surface area (Å²) in [5, 5.41) is 8.07. The van der Waals surface area contributed by atoms with Gasteiger partial charge in [0.2, 0.25) is 0 Å². The Morgan fingerprint density at radius 3 is 2.78 bits per heavy atom. The molecule has 0 bridgehead atoms. The van der Waals surface area contributed by atoms with Gasteiger partial charge in [0.25, 0.3) is 5.22 Å². The number of aryl methyl sites for hydroxylation is 2. The normalized spacial score (nSPS) is 10.6. The van der Waals surface area contributed by atoms with Crippen LogP contribution in [0.5, 0.6) is 0 Å². The molecule has 0 spiro atoms. The SMILES string of the molecule is Cc1coc(SCc2ccc(C(=N)N)cc2C)n1. The molecular weight excluding hydrogens is 246 g/mol. The van der Waals surface area contributed by atoms with E-state index < -0.39 is 0 Å². The van der Waals surface area contributed by atoms with Crippen LogP contribution in [0.2, 0.25) is 0 Å². The fourth-order valence-corrected chi connectivity index (χ4v) is 2.49. The molecule has 94 valence electrons. The number of hydrogen-bond acceptors (Lipinski definition) is 4. The summed E-state index contributed by atoms with van der Waals surface area (Å²) in [6.45, 7) is 3.92. The van der Waals surface area contributed by atoms with Crippen molar-refractivity contribution in [3.8, 4) is 0 Å².